The number of rotatable bonds is 4. The maximum Gasteiger partial charge on any atom is 0.148 e. The number of nitrogens with two attached hydrogens (primary N) is 1. The van der Waals surface area contributed by atoms with Gasteiger partial charge in [-0.25, -0.2) is 13.4 Å². The van der Waals surface area contributed by atoms with Gasteiger partial charge < -0.3 is 5.73 Å². The Kier molecular flexibility index (Phi) is 4.24. The SMILES string of the molecule is CS(=O)(=O)CCSc1ncc(Cl)cc1N. The van der Waals surface area contributed by atoms with Crippen molar-refractivity contribution in [2.45, 2.75) is 5.03 Å². The van der Waals surface area contributed by atoms with E-state index >= 15 is 0 Å². The second kappa shape index (κ2) is 5.05. The van der Waals surface area contributed by atoms with Crippen LogP contribution in [0.25, 0.3) is 0 Å². The molecule has 84 valence electrons. The van der Waals surface area contributed by atoms with Gasteiger partial charge in [-0.2, -0.15) is 0 Å². The van der Waals surface area contributed by atoms with Gasteiger partial charge in [-0.3, -0.25) is 0 Å². The first-order valence-corrected chi connectivity index (χ1v) is 7.52. The van der Waals surface area contributed by atoms with Crippen LogP contribution in [-0.2, 0) is 9.84 Å². The lowest BCUT2D eigenvalue weighted by Gasteiger charge is -2.03. The molecule has 7 heteroatoms. The minimum atomic E-state index is -2.93. The summed E-state index contributed by atoms with van der Waals surface area (Å²) in [7, 11) is -2.93. The molecule has 0 saturated heterocycles. The molecule has 0 radical (unpaired) electrons. The summed E-state index contributed by atoms with van der Waals surface area (Å²) in [6.07, 6.45) is 2.69. The van der Waals surface area contributed by atoms with Gasteiger partial charge in [0.05, 0.1) is 16.5 Å². The molecule has 0 aliphatic heterocycles. The summed E-state index contributed by atoms with van der Waals surface area (Å²) in [6, 6.07) is 1.59. The Morgan fingerprint density at radius 2 is 2.27 bits per heavy atom. The summed E-state index contributed by atoms with van der Waals surface area (Å²) in [5.74, 6) is 0.555. The van der Waals surface area contributed by atoms with Crippen molar-refractivity contribution in [1.29, 1.82) is 0 Å². The summed E-state index contributed by atoms with van der Waals surface area (Å²) >= 11 is 6.98. The smallest absolute Gasteiger partial charge is 0.148 e. The van der Waals surface area contributed by atoms with Gasteiger partial charge in [0.2, 0.25) is 0 Å². The molecule has 2 N–H and O–H groups in total. The molecule has 1 rings (SSSR count). The first kappa shape index (κ1) is 12.6. The fraction of sp³-hybridized carbons (Fsp3) is 0.375. The third-order valence-corrected chi connectivity index (χ3v) is 3.97. The van der Waals surface area contributed by atoms with Gasteiger partial charge in [-0.1, -0.05) is 11.6 Å². The molecule has 0 amide bonds. The predicted molar refractivity (Wildman–Crippen MR) is 64.1 cm³/mol. The fourth-order valence-corrected chi connectivity index (χ4v) is 3.11. The fourth-order valence-electron chi connectivity index (χ4n) is 0.853. The topological polar surface area (TPSA) is 73.0 Å². The van der Waals surface area contributed by atoms with E-state index in [1.165, 1.54) is 24.2 Å². The third kappa shape index (κ3) is 4.72. The van der Waals surface area contributed by atoms with Crippen LogP contribution in [0, 0.1) is 0 Å². The summed E-state index contributed by atoms with van der Waals surface area (Å²) in [6.45, 7) is 0. The molecule has 0 saturated carbocycles. The van der Waals surface area contributed by atoms with Crippen molar-refractivity contribution in [1.82, 2.24) is 4.98 Å². The highest BCUT2D eigenvalue weighted by atomic mass is 35.5. The van der Waals surface area contributed by atoms with Gasteiger partial charge in [-0.05, 0) is 6.07 Å². The van der Waals surface area contributed by atoms with Crippen molar-refractivity contribution in [3.8, 4) is 0 Å². The van der Waals surface area contributed by atoms with Crippen LogP contribution in [0.15, 0.2) is 17.3 Å². The van der Waals surface area contributed by atoms with E-state index in [0.717, 1.165) is 0 Å². The Balaban J connectivity index is 2.59. The number of thioether (sulfide) groups is 1. The Bertz CT molecular complexity index is 448. The van der Waals surface area contributed by atoms with Crippen LogP contribution in [0.5, 0.6) is 0 Å². The highest BCUT2D eigenvalue weighted by molar-refractivity contribution is 8.00. The lowest BCUT2D eigenvalue weighted by molar-refractivity contribution is 0.603. The van der Waals surface area contributed by atoms with E-state index in [1.54, 1.807) is 6.07 Å². The van der Waals surface area contributed by atoms with Crippen molar-refractivity contribution in [3.05, 3.63) is 17.3 Å². The zero-order chi connectivity index (χ0) is 11.5. The highest BCUT2D eigenvalue weighted by Crippen LogP contribution is 2.24. The average molecular weight is 267 g/mol. The van der Waals surface area contributed by atoms with E-state index in [-0.39, 0.29) is 5.75 Å². The predicted octanol–water partition coefficient (Wildman–Crippen LogP) is 1.45. The summed E-state index contributed by atoms with van der Waals surface area (Å²) < 4.78 is 21.7. The first-order valence-electron chi connectivity index (χ1n) is 4.10. The number of nitrogens with zero attached hydrogens (tertiary/aromatic N) is 1. The Labute approximate surface area is 98.1 Å². The van der Waals surface area contributed by atoms with E-state index in [0.29, 0.717) is 21.5 Å². The average Bonchev–Trinajstić information content (AvgIpc) is 2.07. The van der Waals surface area contributed by atoms with Crippen LogP contribution in [-0.4, -0.2) is 31.2 Å². The molecular formula is C8H11ClN2O2S2. The van der Waals surface area contributed by atoms with Crippen LogP contribution in [0.2, 0.25) is 5.02 Å². The van der Waals surface area contributed by atoms with Crippen LogP contribution in [0.4, 0.5) is 5.69 Å². The number of anilines is 1. The minimum absolute atomic E-state index is 0.113. The molecule has 0 aromatic carbocycles. The molecule has 0 fully saturated rings. The standard InChI is InChI=1S/C8H11ClN2O2S2/c1-15(12,13)3-2-14-8-7(10)4-6(9)5-11-8/h4-5H,2-3,10H2,1H3. The van der Waals surface area contributed by atoms with Crippen molar-refractivity contribution >= 4 is 38.9 Å². The molecule has 0 spiro atoms. The molecule has 1 heterocycles. The summed E-state index contributed by atoms with van der Waals surface area (Å²) in [4.78, 5) is 4.01. The summed E-state index contributed by atoms with van der Waals surface area (Å²) in [5.41, 5.74) is 6.13. The molecule has 0 bridgehead atoms. The van der Waals surface area contributed by atoms with Gasteiger partial charge in [0.25, 0.3) is 0 Å². The van der Waals surface area contributed by atoms with Gasteiger partial charge in [0.15, 0.2) is 0 Å². The quantitative estimate of drug-likeness (QED) is 0.835. The highest BCUT2D eigenvalue weighted by Gasteiger charge is 2.06. The van der Waals surface area contributed by atoms with Gasteiger partial charge >= 0.3 is 0 Å². The molecular weight excluding hydrogens is 256 g/mol. The number of hydrogen-bond donors (Lipinski definition) is 1. The second-order valence-corrected chi connectivity index (χ2v) is 6.81. The van der Waals surface area contributed by atoms with Crippen LogP contribution >= 0.6 is 23.4 Å². The number of nitrogen functional groups attached to an aromatic ring is 1. The molecule has 0 aliphatic rings. The van der Waals surface area contributed by atoms with Gasteiger partial charge in [0, 0.05) is 18.2 Å². The minimum Gasteiger partial charge on any atom is -0.397 e. The van der Waals surface area contributed by atoms with E-state index in [9.17, 15) is 8.42 Å². The summed E-state index contributed by atoms with van der Waals surface area (Å²) in [5, 5.41) is 1.09. The van der Waals surface area contributed by atoms with Crippen LogP contribution in [0.1, 0.15) is 0 Å². The molecule has 0 atom stereocenters. The second-order valence-electron chi connectivity index (χ2n) is 3.03. The monoisotopic (exact) mass is 266 g/mol. The number of halogens is 1. The largest absolute Gasteiger partial charge is 0.397 e. The third-order valence-electron chi connectivity index (χ3n) is 1.54. The molecule has 0 aliphatic carbocycles. The molecule has 1 aromatic rings. The Hall–Kier alpha value is -0.460. The van der Waals surface area contributed by atoms with E-state index in [1.807, 2.05) is 0 Å². The number of sulfone groups is 1. The van der Waals surface area contributed by atoms with Crippen LogP contribution in [0.3, 0.4) is 0 Å². The van der Waals surface area contributed by atoms with E-state index < -0.39 is 9.84 Å². The molecule has 15 heavy (non-hydrogen) atoms. The normalized spacial score (nSPS) is 11.6. The number of aromatic nitrogens is 1. The number of pyridine rings is 1. The maximum atomic E-state index is 10.9. The molecule has 0 unspecified atom stereocenters. The number of hydrogen-bond acceptors (Lipinski definition) is 5. The lowest BCUT2D eigenvalue weighted by atomic mass is 10.4. The maximum absolute atomic E-state index is 10.9. The molecule has 4 nitrogen and oxygen atoms in total. The zero-order valence-corrected chi connectivity index (χ0v) is 10.5. The van der Waals surface area contributed by atoms with E-state index in [2.05, 4.69) is 4.98 Å². The van der Waals surface area contributed by atoms with Crippen molar-refractivity contribution < 1.29 is 8.42 Å². The van der Waals surface area contributed by atoms with Gasteiger partial charge in [0.1, 0.15) is 14.9 Å². The van der Waals surface area contributed by atoms with Gasteiger partial charge in [-0.15, -0.1) is 11.8 Å². The van der Waals surface area contributed by atoms with Crippen molar-refractivity contribution in [2.24, 2.45) is 0 Å². The lowest BCUT2D eigenvalue weighted by Crippen LogP contribution is -2.05. The van der Waals surface area contributed by atoms with Crippen molar-refractivity contribution in [3.63, 3.8) is 0 Å². The Morgan fingerprint density at radius 3 is 2.80 bits per heavy atom. The van der Waals surface area contributed by atoms with Crippen LogP contribution < -0.4 is 5.73 Å². The molecule has 1 aromatic heterocycles. The van der Waals surface area contributed by atoms with E-state index in [4.69, 9.17) is 17.3 Å². The first-order chi connectivity index (χ1) is 6.88. The van der Waals surface area contributed by atoms with Crippen molar-refractivity contribution in [2.75, 3.05) is 23.5 Å². The Morgan fingerprint density at radius 1 is 1.60 bits per heavy atom. The zero-order valence-electron chi connectivity index (χ0n) is 8.10.